The minimum absolute atomic E-state index is 0.0553. The van der Waals surface area contributed by atoms with Crippen molar-refractivity contribution in [1.29, 1.82) is 0 Å². The zero-order valence-electron chi connectivity index (χ0n) is 16.4. The molecule has 9 heteroatoms. The SMILES string of the molecule is Cc1ccc(Cc2csc(N3CCN(S(=O)(=O)c4cc(Cl)ccc4Cl)CC3)n2)cc1. The molecule has 158 valence electrons. The van der Waals surface area contributed by atoms with Crippen molar-refractivity contribution >= 4 is 49.7 Å². The van der Waals surface area contributed by atoms with Gasteiger partial charge in [-0.15, -0.1) is 11.3 Å². The molecule has 0 atom stereocenters. The van der Waals surface area contributed by atoms with Crippen LogP contribution in [0.2, 0.25) is 10.0 Å². The molecule has 3 aromatic rings. The molecule has 1 aliphatic heterocycles. The number of hydrogen-bond acceptors (Lipinski definition) is 5. The number of piperazine rings is 1. The Morgan fingerprint density at radius 1 is 1.03 bits per heavy atom. The van der Waals surface area contributed by atoms with Crippen molar-refractivity contribution in [3.05, 3.63) is 74.7 Å². The molecule has 1 fully saturated rings. The van der Waals surface area contributed by atoms with Gasteiger partial charge in [0.05, 0.1) is 10.7 Å². The van der Waals surface area contributed by atoms with Crippen molar-refractivity contribution < 1.29 is 8.42 Å². The quantitative estimate of drug-likeness (QED) is 0.521. The van der Waals surface area contributed by atoms with Crippen LogP contribution in [0, 0.1) is 6.92 Å². The molecule has 0 amide bonds. The van der Waals surface area contributed by atoms with Gasteiger partial charge in [-0.25, -0.2) is 13.4 Å². The summed E-state index contributed by atoms with van der Waals surface area (Å²) in [7, 11) is -3.69. The standard InChI is InChI=1S/C21H21Cl2N3O2S2/c1-15-2-4-16(5-3-15)12-18-14-29-21(24-18)25-8-10-26(11-9-25)30(27,28)20-13-17(22)6-7-19(20)23/h2-7,13-14H,8-12H2,1H3. The summed E-state index contributed by atoms with van der Waals surface area (Å²) in [6, 6.07) is 13.0. The summed E-state index contributed by atoms with van der Waals surface area (Å²) in [6.45, 7) is 3.98. The molecule has 2 aromatic carbocycles. The zero-order valence-corrected chi connectivity index (χ0v) is 19.5. The van der Waals surface area contributed by atoms with Gasteiger partial charge in [-0.1, -0.05) is 53.0 Å². The molecule has 0 N–H and O–H groups in total. The number of aryl methyl sites for hydroxylation is 1. The molecule has 2 heterocycles. The minimum Gasteiger partial charge on any atom is -0.345 e. The largest absolute Gasteiger partial charge is 0.345 e. The fourth-order valence-corrected chi connectivity index (χ4v) is 6.41. The van der Waals surface area contributed by atoms with Gasteiger partial charge < -0.3 is 4.90 Å². The first-order chi connectivity index (χ1) is 14.3. The first kappa shape index (κ1) is 21.6. The van der Waals surface area contributed by atoms with Crippen LogP contribution in [-0.2, 0) is 16.4 Å². The highest BCUT2D eigenvalue weighted by atomic mass is 35.5. The number of anilines is 1. The predicted octanol–water partition coefficient (Wildman–Crippen LogP) is 4.86. The van der Waals surface area contributed by atoms with E-state index in [1.54, 1.807) is 17.4 Å². The number of nitrogens with zero attached hydrogens (tertiary/aromatic N) is 3. The van der Waals surface area contributed by atoms with Crippen molar-refractivity contribution in [3.63, 3.8) is 0 Å². The van der Waals surface area contributed by atoms with Crippen LogP contribution in [0.1, 0.15) is 16.8 Å². The van der Waals surface area contributed by atoms with Crippen molar-refractivity contribution in [2.24, 2.45) is 0 Å². The highest BCUT2D eigenvalue weighted by molar-refractivity contribution is 7.89. The Morgan fingerprint density at radius 2 is 1.73 bits per heavy atom. The second-order valence-corrected chi connectivity index (χ2v) is 10.8. The summed E-state index contributed by atoms with van der Waals surface area (Å²) in [5, 5.41) is 3.53. The van der Waals surface area contributed by atoms with E-state index in [9.17, 15) is 8.42 Å². The molecule has 0 unspecified atom stereocenters. The molecule has 0 saturated carbocycles. The van der Waals surface area contributed by atoms with E-state index in [0.29, 0.717) is 31.2 Å². The van der Waals surface area contributed by atoms with Gasteiger partial charge >= 0.3 is 0 Å². The molecule has 0 bridgehead atoms. The average molecular weight is 482 g/mol. The molecule has 0 spiro atoms. The summed E-state index contributed by atoms with van der Waals surface area (Å²) in [5.74, 6) is 0. The van der Waals surface area contributed by atoms with Crippen molar-refractivity contribution in [2.75, 3.05) is 31.1 Å². The van der Waals surface area contributed by atoms with E-state index in [4.69, 9.17) is 28.2 Å². The lowest BCUT2D eigenvalue weighted by Gasteiger charge is -2.34. The van der Waals surface area contributed by atoms with Crippen molar-refractivity contribution in [2.45, 2.75) is 18.2 Å². The predicted molar refractivity (Wildman–Crippen MR) is 124 cm³/mol. The van der Waals surface area contributed by atoms with Crippen LogP contribution in [0.3, 0.4) is 0 Å². The van der Waals surface area contributed by atoms with Gasteiger partial charge in [0.1, 0.15) is 4.90 Å². The Labute approximate surface area is 190 Å². The first-order valence-electron chi connectivity index (χ1n) is 9.53. The molecule has 4 rings (SSSR count). The molecular weight excluding hydrogens is 461 g/mol. The number of aromatic nitrogens is 1. The van der Waals surface area contributed by atoms with Crippen LogP contribution in [0.4, 0.5) is 5.13 Å². The topological polar surface area (TPSA) is 53.5 Å². The van der Waals surface area contributed by atoms with Crippen LogP contribution < -0.4 is 4.90 Å². The highest BCUT2D eigenvalue weighted by Crippen LogP contribution is 2.29. The number of hydrogen-bond donors (Lipinski definition) is 0. The maximum Gasteiger partial charge on any atom is 0.244 e. The van der Waals surface area contributed by atoms with E-state index in [-0.39, 0.29) is 9.92 Å². The Balaban J connectivity index is 1.42. The summed E-state index contributed by atoms with van der Waals surface area (Å²) < 4.78 is 27.4. The van der Waals surface area contributed by atoms with Crippen molar-refractivity contribution in [1.82, 2.24) is 9.29 Å². The molecule has 1 saturated heterocycles. The molecule has 1 aromatic heterocycles. The zero-order chi connectivity index (χ0) is 21.3. The number of halogens is 2. The van der Waals surface area contributed by atoms with Gasteiger partial charge in [0.25, 0.3) is 0 Å². The van der Waals surface area contributed by atoms with E-state index in [1.807, 2.05) is 0 Å². The van der Waals surface area contributed by atoms with E-state index < -0.39 is 10.0 Å². The monoisotopic (exact) mass is 481 g/mol. The summed E-state index contributed by atoms with van der Waals surface area (Å²) in [5.41, 5.74) is 3.50. The number of thiazole rings is 1. The van der Waals surface area contributed by atoms with Crippen LogP contribution in [0.5, 0.6) is 0 Å². The molecular formula is C21H21Cl2N3O2S2. The van der Waals surface area contributed by atoms with Crippen LogP contribution in [0.15, 0.2) is 52.7 Å². The van der Waals surface area contributed by atoms with Gasteiger partial charge in [0, 0.05) is 43.0 Å². The van der Waals surface area contributed by atoms with Crippen LogP contribution in [0.25, 0.3) is 0 Å². The normalized spacial score (nSPS) is 15.5. The van der Waals surface area contributed by atoms with Gasteiger partial charge in [-0.3, -0.25) is 0 Å². The second kappa shape index (κ2) is 8.85. The van der Waals surface area contributed by atoms with E-state index in [0.717, 1.165) is 17.2 Å². The second-order valence-electron chi connectivity index (χ2n) is 7.25. The smallest absolute Gasteiger partial charge is 0.244 e. The maximum atomic E-state index is 13.0. The number of sulfonamides is 1. The average Bonchev–Trinajstić information content (AvgIpc) is 3.20. The Morgan fingerprint density at radius 3 is 2.43 bits per heavy atom. The molecule has 5 nitrogen and oxygen atoms in total. The van der Waals surface area contributed by atoms with E-state index >= 15 is 0 Å². The maximum absolute atomic E-state index is 13.0. The first-order valence-corrected chi connectivity index (χ1v) is 12.6. The van der Waals surface area contributed by atoms with Crippen molar-refractivity contribution in [3.8, 4) is 0 Å². The summed E-state index contributed by atoms with van der Waals surface area (Å²) >= 11 is 13.7. The lowest BCUT2D eigenvalue weighted by atomic mass is 10.1. The van der Waals surface area contributed by atoms with Gasteiger partial charge in [0.15, 0.2) is 5.13 Å². The molecule has 0 radical (unpaired) electrons. The van der Waals surface area contributed by atoms with Gasteiger partial charge in [0.2, 0.25) is 10.0 Å². The van der Waals surface area contributed by atoms with Crippen LogP contribution >= 0.6 is 34.5 Å². The van der Waals surface area contributed by atoms with E-state index in [1.165, 1.54) is 27.6 Å². The molecule has 30 heavy (non-hydrogen) atoms. The fourth-order valence-electron chi connectivity index (χ4n) is 3.37. The fraction of sp³-hybridized carbons (Fsp3) is 0.286. The summed E-state index contributed by atoms with van der Waals surface area (Å²) in [6.07, 6.45) is 0.790. The Kier molecular flexibility index (Phi) is 6.36. The van der Waals surface area contributed by atoms with Gasteiger partial charge in [-0.2, -0.15) is 4.31 Å². The highest BCUT2D eigenvalue weighted by Gasteiger charge is 2.31. The number of benzene rings is 2. The summed E-state index contributed by atoms with van der Waals surface area (Å²) in [4.78, 5) is 6.95. The Bertz CT molecular complexity index is 1140. The third-order valence-corrected chi connectivity index (χ3v) is 8.63. The molecule has 0 aliphatic carbocycles. The number of rotatable bonds is 5. The van der Waals surface area contributed by atoms with E-state index in [2.05, 4.69) is 41.5 Å². The third kappa shape index (κ3) is 4.65. The van der Waals surface area contributed by atoms with Gasteiger partial charge in [-0.05, 0) is 30.7 Å². The molecule has 1 aliphatic rings. The lowest BCUT2D eigenvalue weighted by Crippen LogP contribution is -2.48. The minimum atomic E-state index is -3.69. The third-order valence-electron chi connectivity index (χ3n) is 5.07. The van der Waals surface area contributed by atoms with Crippen LogP contribution in [-0.4, -0.2) is 43.9 Å². The lowest BCUT2D eigenvalue weighted by molar-refractivity contribution is 0.384. The Hall–Kier alpha value is -1.64.